The first-order valence-corrected chi connectivity index (χ1v) is 8.83. The van der Waals surface area contributed by atoms with Gasteiger partial charge in [0.15, 0.2) is 0 Å². The lowest BCUT2D eigenvalue weighted by atomic mass is 9.99. The van der Waals surface area contributed by atoms with E-state index in [-0.39, 0.29) is 5.91 Å². The van der Waals surface area contributed by atoms with Crippen molar-refractivity contribution in [2.45, 2.75) is 18.8 Å². The minimum Gasteiger partial charge on any atom is -0.325 e. The molecule has 1 atom stereocenters. The Labute approximate surface area is 145 Å². The van der Waals surface area contributed by atoms with Gasteiger partial charge in [-0.05, 0) is 52.5 Å². The molecule has 4 heteroatoms. The Morgan fingerprint density at radius 3 is 2.65 bits per heavy atom. The number of nitrogens with one attached hydrogen (secondary N) is 1. The molecule has 2 aromatic carbocycles. The van der Waals surface area contributed by atoms with Crippen molar-refractivity contribution in [2.24, 2.45) is 0 Å². The van der Waals surface area contributed by atoms with Gasteiger partial charge in [-0.3, -0.25) is 4.79 Å². The predicted molar refractivity (Wildman–Crippen MR) is 97.6 cm³/mol. The number of benzene rings is 2. The Kier molecular flexibility index (Phi) is 5.47. The van der Waals surface area contributed by atoms with Gasteiger partial charge in [-0.2, -0.15) is 0 Å². The Morgan fingerprint density at radius 1 is 1.13 bits per heavy atom. The first-order chi connectivity index (χ1) is 11.2. The highest BCUT2D eigenvalue weighted by Gasteiger charge is 2.23. The highest BCUT2D eigenvalue weighted by atomic mass is 79.9. The van der Waals surface area contributed by atoms with Gasteiger partial charge in [0.25, 0.3) is 0 Å². The van der Waals surface area contributed by atoms with Gasteiger partial charge in [-0.25, -0.2) is 0 Å². The number of likely N-dealkylation sites (tertiary alicyclic amines) is 1. The van der Waals surface area contributed by atoms with Crippen LogP contribution in [0.2, 0.25) is 0 Å². The smallest absolute Gasteiger partial charge is 0.225 e. The molecule has 0 aromatic heterocycles. The minimum absolute atomic E-state index is 0.0695. The van der Waals surface area contributed by atoms with Crippen LogP contribution in [0.25, 0.3) is 0 Å². The van der Waals surface area contributed by atoms with E-state index in [1.165, 1.54) is 12.0 Å². The van der Waals surface area contributed by atoms with Crippen molar-refractivity contribution < 1.29 is 4.79 Å². The minimum atomic E-state index is 0.0695. The second kappa shape index (κ2) is 7.75. The first-order valence-electron chi connectivity index (χ1n) is 8.04. The lowest BCUT2D eigenvalue weighted by Gasteiger charge is -2.16. The molecule has 0 aliphatic carbocycles. The SMILES string of the molecule is O=C(CCN1CCC(c2ccccc2)C1)Nc1ccccc1Br. The molecule has 23 heavy (non-hydrogen) atoms. The molecule has 1 aliphatic heterocycles. The number of nitrogens with zero attached hydrogens (tertiary/aromatic N) is 1. The summed E-state index contributed by atoms with van der Waals surface area (Å²) in [7, 11) is 0. The fourth-order valence-electron chi connectivity index (χ4n) is 3.07. The van der Waals surface area contributed by atoms with Crippen molar-refractivity contribution in [1.29, 1.82) is 0 Å². The predicted octanol–water partition coefficient (Wildman–Crippen LogP) is 4.27. The van der Waals surface area contributed by atoms with Gasteiger partial charge in [0, 0.05) is 24.0 Å². The van der Waals surface area contributed by atoms with Crippen molar-refractivity contribution in [2.75, 3.05) is 25.0 Å². The molecule has 1 fully saturated rings. The molecule has 0 radical (unpaired) electrons. The molecule has 2 aromatic rings. The maximum atomic E-state index is 12.1. The fourth-order valence-corrected chi connectivity index (χ4v) is 3.45. The van der Waals surface area contributed by atoms with E-state index in [2.05, 4.69) is 56.5 Å². The summed E-state index contributed by atoms with van der Waals surface area (Å²) >= 11 is 3.45. The van der Waals surface area contributed by atoms with Crippen LogP contribution < -0.4 is 5.32 Å². The lowest BCUT2D eigenvalue weighted by molar-refractivity contribution is -0.116. The number of hydrogen-bond acceptors (Lipinski definition) is 2. The Bertz CT molecular complexity index is 659. The molecular weight excluding hydrogens is 352 g/mol. The van der Waals surface area contributed by atoms with Gasteiger partial charge in [0.05, 0.1) is 5.69 Å². The van der Waals surface area contributed by atoms with E-state index in [1.807, 2.05) is 24.3 Å². The van der Waals surface area contributed by atoms with Crippen molar-refractivity contribution >= 4 is 27.5 Å². The quantitative estimate of drug-likeness (QED) is 0.849. The molecule has 1 heterocycles. The van der Waals surface area contributed by atoms with Gasteiger partial charge in [-0.15, -0.1) is 0 Å². The van der Waals surface area contributed by atoms with E-state index in [0.29, 0.717) is 12.3 Å². The van der Waals surface area contributed by atoms with E-state index in [0.717, 1.165) is 29.8 Å². The Morgan fingerprint density at radius 2 is 1.87 bits per heavy atom. The summed E-state index contributed by atoms with van der Waals surface area (Å²) in [6.45, 7) is 2.94. The molecule has 0 bridgehead atoms. The number of amides is 1. The van der Waals surface area contributed by atoms with Crippen LogP contribution in [0.1, 0.15) is 24.3 Å². The average molecular weight is 373 g/mol. The monoisotopic (exact) mass is 372 g/mol. The highest BCUT2D eigenvalue weighted by molar-refractivity contribution is 9.10. The topological polar surface area (TPSA) is 32.3 Å². The molecule has 1 amide bonds. The number of para-hydroxylation sites is 1. The summed E-state index contributed by atoms with van der Waals surface area (Å²) in [6, 6.07) is 18.4. The maximum Gasteiger partial charge on any atom is 0.225 e. The summed E-state index contributed by atoms with van der Waals surface area (Å²) < 4.78 is 0.915. The summed E-state index contributed by atoms with van der Waals surface area (Å²) in [5.74, 6) is 0.669. The van der Waals surface area contributed by atoms with Crippen LogP contribution in [0, 0.1) is 0 Å². The number of rotatable bonds is 5. The van der Waals surface area contributed by atoms with Gasteiger partial charge in [0.2, 0.25) is 5.91 Å². The third kappa shape index (κ3) is 4.43. The van der Waals surface area contributed by atoms with Crippen LogP contribution >= 0.6 is 15.9 Å². The number of hydrogen-bond donors (Lipinski definition) is 1. The molecule has 1 saturated heterocycles. The number of carbonyl (C=O) groups is 1. The van der Waals surface area contributed by atoms with Crippen LogP contribution in [0.15, 0.2) is 59.1 Å². The zero-order valence-electron chi connectivity index (χ0n) is 13.0. The third-order valence-corrected chi connectivity index (χ3v) is 5.04. The number of halogens is 1. The van der Waals surface area contributed by atoms with E-state index in [4.69, 9.17) is 0 Å². The van der Waals surface area contributed by atoms with Crippen LogP contribution in [-0.4, -0.2) is 30.4 Å². The summed E-state index contributed by atoms with van der Waals surface area (Å²) in [4.78, 5) is 14.5. The standard InChI is InChI=1S/C19H21BrN2O/c20-17-8-4-5-9-18(17)21-19(23)11-13-22-12-10-16(14-22)15-6-2-1-3-7-15/h1-9,16H,10-14H2,(H,21,23). The molecule has 0 spiro atoms. The Hall–Kier alpha value is -1.65. The number of carbonyl (C=O) groups excluding carboxylic acids is 1. The van der Waals surface area contributed by atoms with E-state index in [1.54, 1.807) is 0 Å². The van der Waals surface area contributed by atoms with Crippen LogP contribution in [0.5, 0.6) is 0 Å². The molecule has 1 aliphatic rings. The first kappa shape index (κ1) is 16.2. The molecule has 120 valence electrons. The molecule has 0 saturated carbocycles. The second-order valence-corrected chi connectivity index (χ2v) is 6.83. The molecular formula is C19H21BrN2O. The normalized spacial score (nSPS) is 18.0. The fraction of sp³-hybridized carbons (Fsp3) is 0.316. The van der Waals surface area contributed by atoms with Crippen molar-refractivity contribution in [1.82, 2.24) is 4.90 Å². The Balaban J connectivity index is 1.46. The summed E-state index contributed by atoms with van der Waals surface area (Å²) in [5.41, 5.74) is 2.24. The van der Waals surface area contributed by atoms with Gasteiger partial charge < -0.3 is 10.2 Å². The van der Waals surface area contributed by atoms with Gasteiger partial charge in [0.1, 0.15) is 0 Å². The second-order valence-electron chi connectivity index (χ2n) is 5.97. The summed E-state index contributed by atoms with van der Waals surface area (Å²) in [5, 5.41) is 2.96. The molecule has 1 unspecified atom stereocenters. The molecule has 3 rings (SSSR count). The maximum absolute atomic E-state index is 12.1. The van der Waals surface area contributed by atoms with Crippen molar-refractivity contribution in [3.8, 4) is 0 Å². The van der Waals surface area contributed by atoms with Crippen molar-refractivity contribution in [3.05, 3.63) is 64.6 Å². The van der Waals surface area contributed by atoms with E-state index >= 15 is 0 Å². The number of anilines is 1. The third-order valence-electron chi connectivity index (χ3n) is 4.35. The van der Waals surface area contributed by atoms with Crippen molar-refractivity contribution in [3.63, 3.8) is 0 Å². The average Bonchev–Trinajstić information content (AvgIpc) is 3.05. The molecule has 1 N–H and O–H groups in total. The zero-order chi connectivity index (χ0) is 16.1. The van der Waals surface area contributed by atoms with Crippen LogP contribution in [0.3, 0.4) is 0 Å². The van der Waals surface area contributed by atoms with Crippen LogP contribution in [0.4, 0.5) is 5.69 Å². The molecule has 3 nitrogen and oxygen atoms in total. The lowest BCUT2D eigenvalue weighted by Crippen LogP contribution is -2.25. The zero-order valence-corrected chi connectivity index (χ0v) is 14.6. The van der Waals surface area contributed by atoms with E-state index < -0.39 is 0 Å². The highest BCUT2D eigenvalue weighted by Crippen LogP contribution is 2.27. The van der Waals surface area contributed by atoms with Crippen LogP contribution in [-0.2, 0) is 4.79 Å². The van der Waals surface area contributed by atoms with Gasteiger partial charge >= 0.3 is 0 Å². The summed E-state index contributed by atoms with van der Waals surface area (Å²) in [6.07, 6.45) is 1.71. The van der Waals surface area contributed by atoms with Gasteiger partial charge in [-0.1, -0.05) is 42.5 Å². The largest absolute Gasteiger partial charge is 0.325 e. The van der Waals surface area contributed by atoms with E-state index in [9.17, 15) is 4.79 Å².